The summed E-state index contributed by atoms with van der Waals surface area (Å²) in [7, 11) is 2.08. The van der Waals surface area contributed by atoms with Crippen LogP contribution < -0.4 is 16.2 Å². The molecule has 3 rings (SSSR count). The molecule has 0 spiro atoms. The summed E-state index contributed by atoms with van der Waals surface area (Å²) in [5, 5.41) is 31.1. The van der Waals surface area contributed by atoms with Crippen LogP contribution in [-0.2, 0) is 5.97 Å². The zero-order valence-electron chi connectivity index (χ0n) is 20.4. The molecule has 1 aliphatic rings. The van der Waals surface area contributed by atoms with Crippen LogP contribution in [0.5, 0.6) is 5.75 Å². The van der Waals surface area contributed by atoms with Crippen molar-refractivity contribution < 1.29 is 24.4 Å². The van der Waals surface area contributed by atoms with Gasteiger partial charge in [-0.2, -0.15) is 0 Å². The molecular formula is C26H32FN5O4. The van der Waals surface area contributed by atoms with Gasteiger partial charge in [0.05, 0.1) is 11.6 Å². The molecular weight excluding hydrogens is 465 g/mol. The van der Waals surface area contributed by atoms with Gasteiger partial charge in [-0.3, -0.25) is 4.99 Å². The zero-order valence-corrected chi connectivity index (χ0v) is 20.4. The van der Waals surface area contributed by atoms with E-state index in [-0.39, 0.29) is 23.2 Å². The smallest absolute Gasteiger partial charge is 0.351 e. The van der Waals surface area contributed by atoms with Crippen molar-refractivity contribution in [3.8, 4) is 17.6 Å². The number of aliphatic hydroxyl groups is 3. The van der Waals surface area contributed by atoms with Crippen LogP contribution in [0.3, 0.4) is 0 Å². The molecule has 0 amide bonds. The Morgan fingerprint density at radius 2 is 2.03 bits per heavy atom. The minimum atomic E-state index is -2.79. The summed E-state index contributed by atoms with van der Waals surface area (Å²) in [4.78, 5) is 11.0. The van der Waals surface area contributed by atoms with Crippen molar-refractivity contribution in [3.63, 3.8) is 0 Å². The SMILES string of the molecule is CN1CCC(N=CC(=CN)c2cnc(N)c(OC(O)(O)c3cccc(C#CC(C)(O)CF)c3)c2)CC1. The van der Waals surface area contributed by atoms with E-state index >= 15 is 0 Å². The number of aromatic nitrogens is 1. The molecule has 1 fully saturated rings. The van der Waals surface area contributed by atoms with Crippen LogP contribution in [0.1, 0.15) is 36.5 Å². The lowest BCUT2D eigenvalue weighted by molar-refractivity contribution is -0.303. The molecule has 0 saturated carbocycles. The van der Waals surface area contributed by atoms with Crippen molar-refractivity contribution in [1.82, 2.24) is 9.88 Å². The summed E-state index contributed by atoms with van der Waals surface area (Å²) in [6.45, 7) is 2.14. The third kappa shape index (κ3) is 7.26. The molecule has 36 heavy (non-hydrogen) atoms. The molecule has 1 aromatic carbocycles. The second-order valence-electron chi connectivity index (χ2n) is 8.99. The number of halogens is 1. The number of piperidine rings is 1. The van der Waals surface area contributed by atoms with Crippen molar-refractivity contribution in [2.75, 3.05) is 32.5 Å². The molecule has 192 valence electrons. The summed E-state index contributed by atoms with van der Waals surface area (Å²) in [5.74, 6) is 2.06. The number of nitrogens with zero attached hydrogens (tertiary/aromatic N) is 3. The van der Waals surface area contributed by atoms with Gasteiger partial charge in [0, 0.05) is 35.3 Å². The predicted molar refractivity (Wildman–Crippen MR) is 136 cm³/mol. The Balaban J connectivity index is 1.81. The number of rotatable bonds is 7. The number of hydrogen-bond acceptors (Lipinski definition) is 9. The number of allylic oxidation sites excluding steroid dienone is 1. The van der Waals surface area contributed by atoms with E-state index in [1.807, 2.05) is 0 Å². The lowest BCUT2D eigenvalue weighted by atomic mass is 10.1. The number of anilines is 1. The van der Waals surface area contributed by atoms with Crippen LogP contribution >= 0.6 is 0 Å². The molecule has 0 bridgehead atoms. The van der Waals surface area contributed by atoms with E-state index in [2.05, 4.69) is 33.8 Å². The van der Waals surface area contributed by atoms with Gasteiger partial charge in [0.2, 0.25) is 0 Å². The van der Waals surface area contributed by atoms with Gasteiger partial charge in [0.25, 0.3) is 0 Å². The van der Waals surface area contributed by atoms with E-state index in [1.54, 1.807) is 12.3 Å². The van der Waals surface area contributed by atoms with Crippen LogP contribution in [0, 0.1) is 11.8 Å². The van der Waals surface area contributed by atoms with Gasteiger partial charge >= 0.3 is 5.97 Å². The fraction of sp³-hybridized carbons (Fsp3) is 0.385. The molecule has 10 heteroatoms. The lowest BCUT2D eigenvalue weighted by Gasteiger charge is -2.26. The van der Waals surface area contributed by atoms with Crippen molar-refractivity contribution in [3.05, 3.63) is 59.4 Å². The number of pyridine rings is 1. The molecule has 1 aromatic heterocycles. The quantitative estimate of drug-likeness (QED) is 0.219. The van der Waals surface area contributed by atoms with Gasteiger partial charge in [-0.25, -0.2) is 9.37 Å². The molecule has 1 aliphatic heterocycles. The molecule has 7 N–H and O–H groups in total. The maximum Gasteiger partial charge on any atom is 0.351 e. The molecule has 1 atom stereocenters. The Kier molecular flexibility index (Phi) is 8.66. The van der Waals surface area contributed by atoms with E-state index in [9.17, 15) is 19.7 Å². The normalized spacial score (nSPS) is 17.4. The fourth-order valence-electron chi connectivity index (χ4n) is 3.49. The molecule has 2 heterocycles. The van der Waals surface area contributed by atoms with Gasteiger partial charge in [-0.15, -0.1) is 0 Å². The second kappa shape index (κ2) is 11.5. The minimum absolute atomic E-state index is 0.0580. The highest BCUT2D eigenvalue weighted by Gasteiger charge is 2.30. The Morgan fingerprint density at radius 3 is 2.69 bits per heavy atom. The van der Waals surface area contributed by atoms with E-state index in [0.717, 1.165) is 25.9 Å². The van der Waals surface area contributed by atoms with Crippen molar-refractivity contribution in [1.29, 1.82) is 0 Å². The number of likely N-dealkylation sites (tertiary alicyclic amines) is 1. The minimum Gasteiger partial charge on any atom is -0.432 e. The second-order valence-corrected chi connectivity index (χ2v) is 8.99. The summed E-state index contributed by atoms with van der Waals surface area (Å²) in [6.07, 6.45) is 6.45. The summed E-state index contributed by atoms with van der Waals surface area (Å²) in [6, 6.07) is 7.52. The highest BCUT2D eigenvalue weighted by Crippen LogP contribution is 2.30. The average Bonchev–Trinajstić information content (AvgIpc) is 2.86. The topological polar surface area (TPSA) is 150 Å². The number of ether oxygens (including phenoxy) is 1. The van der Waals surface area contributed by atoms with Gasteiger partial charge in [0.15, 0.2) is 17.2 Å². The predicted octanol–water partition coefficient (Wildman–Crippen LogP) is 1.37. The zero-order chi connectivity index (χ0) is 26.3. The molecule has 1 unspecified atom stereocenters. The van der Waals surface area contributed by atoms with Gasteiger partial charge in [0.1, 0.15) is 6.67 Å². The first-order valence-corrected chi connectivity index (χ1v) is 11.5. The number of nitrogen functional groups attached to an aromatic ring is 1. The largest absolute Gasteiger partial charge is 0.432 e. The highest BCUT2D eigenvalue weighted by molar-refractivity contribution is 6.09. The van der Waals surface area contributed by atoms with Crippen LogP contribution in [0.4, 0.5) is 10.2 Å². The first-order valence-electron chi connectivity index (χ1n) is 11.5. The van der Waals surface area contributed by atoms with Crippen LogP contribution in [0.15, 0.2) is 47.7 Å². The van der Waals surface area contributed by atoms with E-state index in [0.29, 0.717) is 16.7 Å². The molecule has 2 aromatic rings. The van der Waals surface area contributed by atoms with Gasteiger partial charge in [-0.1, -0.05) is 17.9 Å². The summed E-state index contributed by atoms with van der Waals surface area (Å²) >= 11 is 0. The molecule has 9 nitrogen and oxygen atoms in total. The first-order chi connectivity index (χ1) is 17.0. The average molecular weight is 498 g/mol. The third-order valence-electron chi connectivity index (χ3n) is 5.73. The molecule has 1 saturated heterocycles. The number of benzene rings is 1. The Morgan fingerprint density at radius 1 is 1.31 bits per heavy atom. The van der Waals surface area contributed by atoms with Crippen LogP contribution in [0.25, 0.3) is 5.57 Å². The molecule has 0 aliphatic carbocycles. The standard InChI is InChI=1S/C26H32FN5O4/c1-25(33,17-27)9-6-18-4-3-5-21(12-18)26(34,35)36-23-13-19(15-31-24(23)29)20(14-28)16-30-22-7-10-32(2)11-8-22/h3-5,12-16,22,33-35H,7-8,10-11,17,28H2,1-2H3,(H2,29,31). The fourth-order valence-corrected chi connectivity index (χ4v) is 3.49. The van der Waals surface area contributed by atoms with Gasteiger partial charge < -0.3 is 36.4 Å². The number of aliphatic imine (C=N–C) groups is 1. The lowest BCUT2D eigenvalue weighted by Crippen LogP contribution is -2.33. The Hall–Kier alpha value is -3.49. The van der Waals surface area contributed by atoms with Crippen LogP contribution in [-0.4, -0.2) is 69.9 Å². The molecule has 0 radical (unpaired) electrons. The van der Waals surface area contributed by atoms with Gasteiger partial charge in [-0.05, 0) is 64.2 Å². The maximum atomic E-state index is 12.8. The number of nitrogens with two attached hydrogens (primary N) is 2. The summed E-state index contributed by atoms with van der Waals surface area (Å²) in [5.41, 5.74) is 11.3. The first kappa shape index (κ1) is 27.1. The van der Waals surface area contributed by atoms with E-state index in [1.165, 1.54) is 43.6 Å². The summed E-state index contributed by atoms with van der Waals surface area (Å²) < 4.78 is 18.2. The van der Waals surface area contributed by atoms with Crippen molar-refractivity contribution in [2.45, 2.75) is 37.4 Å². The van der Waals surface area contributed by atoms with Crippen LogP contribution in [0.2, 0.25) is 0 Å². The van der Waals surface area contributed by atoms with E-state index < -0.39 is 18.2 Å². The third-order valence-corrected chi connectivity index (χ3v) is 5.73. The maximum absolute atomic E-state index is 12.8. The van der Waals surface area contributed by atoms with Crippen molar-refractivity contribution >= 4 is 17.6 Å². The highest BCUT2D eigenvalue weighted by atomic mass is 19.1. The Labute approximate surface area is 209 Å². The number of alkyl halides is 1. The van der Waals surface area contributed by atoms with Crippen molar-refractivity contribution in [2.24, 2.45) is 10.7 Å². The number of hydrogen-bond donors (Lipinski definition) is 5. The Bertz CT molecular complexity index is 1180. The monoisotopic (exact) mass is 497 g/mol. The van der Waals surface area contributed by atoms with E-state index in [4.69, 9.17) is 16.2 Å².